The number of nitrogens with one attached hydrogen (secondary N) is 1. The normalized spacial score (nSPS) is 22.7. The van der Waals surface area contributed by atoms with E-state index < -0.39 is 5.60 Å². The van der Waals surface area contributed by atoms with Crippen molar-refractivity contribution in [2.24, 2.45) is 0 Å². The summed E-state index contributed by atoms with van der Waals surface area (Å²) in [5.74, 6) is 0.0498. The molecule has 0 fully saturated rings. The molecule has 0 radical (unpaired) electrons. The van der Waals surface area contributed by atoms with Crippen LogP contribution < -0.4 is 10.1 Å². The van der Waals surface area contributed by atoms with Gasteiger partial charge in [-0.2, -0.15) is 0 Å². The van der Waals surface area contributed by atoms with Gasteiger partial charge in [-0.1, -0.05) is 12.1 Å². The molecule has 0 saturated heterocycles. The van der Waals surface area contributed by atoms with E-state index in [2.05, 4.69) is 5.32 Å². The Labute approximate surface area is 135 Å². The zero-order valence-corrected chi connectivity index (χ0v) is 13.8. The molecule has 5 heteroatoms. The Bertz CT molecular complexity index is 685. The van der Waals surface area contributed by atoms with Crippen LogP contribution in [0.4, 0.5) is 0 Å². The lowest BCUT2D eigenvalue weighted by Gasteiger charge is -2.27. The highest BCUT2D eigenvalue weighted by molar-refractivity contribution is 5.99. The standard InChI is InChI=1S/C18H21NO4/c1-10(2)22-12-7-5-11(6-8-12)13-9-14(20)19-16-15(13)17(21)23-18(16,3)4/h5-8,10,13H,9H2,1-4H3,(H,19,20)/t13-/m1/s1. The lowest BCUT2D eigenvalue weighted by molar-refractivity contribution is -0.144. The highest BCUT2D eigenvalue weighted by Gasteiger charge is 2.47. The number of carbonyl (C=O) groups excluding carboxylic acids is 2. The van der Waals surface area contributed by atoms with Crippen LogP contribution in [0.1, 0.15) is 45.6 Å². The molecule has 3 rings (SSSR count). The van der Waals surface area contributed by atoms with Crippen LogP contribution in [-0.2, 0) is 14.3 Å². The molecule has 0 spiro atoms. The van der Waals surface area contributed by atoms with Crippen LogP contribution >= 0.6 is 0 Å². The van der Waals surface area contributed by atoms with E-state index in [9.17, 15) is 9.59 Å². The maximum Gasteiger partial charge on any atom is 0.337 e. The van der Waals surface area contributed by atoms with Crippen LogP contribution in [0, 0.1) is 0 Å². The summed E-state index contributed by atoms with van der Waals surface area (Å²) < 4.78 is 11.1. The van der Waals surface area contributed by atoms with Crippen molar-refractivity contribution in [2.75, 3.05) is 0 Å². The summed E-state index contributed by atoms with van der Waals surface area (Å²) in [6.07, 6.45) is 0.343. The number of cyclic esters (lactones) is 1. The first-order valence-electron chi connectivity index (χ1n) is 7.82. The molecule has 0 bridgehead atoms. The molecule has 122 valence electrons. The van der Waals surface area contributed by atoms with Crippen molar-refractivity contribution in [1.29, 1.82) is 0 Å². The van der Waals surface area contributed by atoms with Gasteiger partial charge in [0.2, 0.25) is 5.91 Å². The monoisotopic (exact) mass is 315 g/mol. The molecule has 23 heavy (non-hydrogen) atoms. The summed E-state index contributed by atoms with van der Waals surface area (Å²) in [5, 5.41) is 2.81. The topological polar surface area (TPSA) is 64.6 Å². The maximum absolute atomic E-state index is 12.3. The Morgan fingerprint density at radius 2 is 1.87 bits per heavy atom. The maximum atomic E-state index is 12.3. The van der Waals surface area contributed by atoms with E-state index in [4.69, 9.17) is 9.47 Å². The molecule has 5 nitrogen and oxygen atoms in total. The van der Waals surface area contributed by atoms with Gasteiger partial charge in [0.1, 0.15) is 11.4 Å². The van der Waals surface area contributed by atoms with E-state index in [1.54, 1.807) is 13.8 Å². The molecule has 1 atom stereocenters. The molecule has 0 aromatic heterocycles. The highest BCUT2D eigenvalue weighted by Crippen LogP contribution is 2.42. The second-order valence-electron chi connectivity index (χ2n) is 6.73. The van der Waals surface area contributed by atoms with Gasteiger partial charge in [0, 0.05) is 12.3 Å². The average Bonchev–Trinajstić information content (AvgIpc) is 2.68. The van der Waals surface area contributed by atoms with Gasteiger partial charge in [-0.3, -0.25) is 4.79 Å². The molecule has 2 heterocycles. The molecule has 0 aliphatic carbocycles. The third kappa shape index (κ3) is 2.83. The summed E-state index contributed by atoms with van der Waals surface area (Å²) in [6, 6.07) is 7.55. The van der Waals surface area contributed by atoms with Gasteiger partial charge in [0.15, 0.2) is 0 Å². The Morgan fingerprint density at radius 3 is 2.48 bits per heavy atom. The van der Waals surface area contributed by atoms with Gasteiger partial charge >= 0.3 is 5.97 Å². The number of esters is 1. The summed E-state index contributed by atoms with van der Waals surface area (Å²) in [7, 11) is 0. The Morgan fingerprint density at radius 1 is 1.22 bits per heavy atom. The van der Waals surface area contributed by atoms with E-state index in [0.717, 1.165) is 11.3 Å². The largest absolute Gasteiger partial charge is 0.491 e. The van der Waals surface area contributed by atoms with Crippen molar-refractivity contribution in [3.63, 3.8) is 0 Å². The number of benzene rings is 1. The van der Waals surface area contributed by atoms with E-state index in [-0.39, 0.29) is 30.3 Å². The number of amides is 1. The van der Waals surface area contributed by atoms with E-state index in [1.165, 1.54) is 0 Å². The SMILES string of the molecule is CC(C)Oc1ccc([C@H]2CC(=O)NC3=C2C(=O)OC3(C)C)cc1. The minimum atomic E-state index is -0.790. The number of rotatable bonds is 3. The van der Waals surface area contributed by atoms with Crippen LogP contribution in [0.25, 0.3) is 0 Å². The fraction of sp³-hybridized carbons (Fsp3) is 0.444. The van der Waals surface area contributed by atoms with E-state index in [0.29, 0.717) is 11.3 Å². The third-order valence-corrected chi connectivity index (χ3v) is 4.10. The van der Waals surface area contributed by atoms with Gasteiger partial charge < -0.3 is 14.8 Å². The molecule has 2 aliphatic heterocycles. The predicted molar refractivity (Wildman–Crippen MR) is 84.9 cm³/mol. The van der Waals surface area contributed by atoms with Crippen LogP contribution in [0.15, 0.2) is 35.5 Å². The van der Waals surface area contributed by atoms with Crippen molar-refractivity contribution >= 4 is 11.9 Å². The predicted octanol–water partition coefficient (Wildman–Crippen LogP) is 2.67. The van der Waals surface area contributed by atoms with Gasteiger partial charge in [0.05, 0.1) is 17.4 Å². The molecule has 0 unspecified atom stereocenters. The zero-order chi connectivity index (χ0) is 16.8. The van der Waals surface area contributed by atoms with Gasteiger partial charge in [0.25, 0.3) is 0 Å². The first-order chi connectivity index (χ1) is 10.8. The first kappa shape index (κ1) is 15.6. The minimum absolute atomic E-state index is 0.0948. The van der Waals surface area contributed by atoms with E-state index in [1.807, 2.05) is 38.1 Å². The highest BCUT2D eigenvalue weighted by atomic mass is 16.6. The van der Waals surface area contributed by atoms with Crippen molar-refractivity contribution in [2.45, 2.75) is 51.7 Å². The minimum Gasteiger partial charge on any atom is -0.491 e. The van der Waals surface area contributed by atoms with Crippen LogP contribution in [0.3, 0.4) is 0 Å². The summed E-state index contributed by atoms with van der Waals surface area (Å²) >= 11 is 0. The second kappa shape index (κ2) is 5.41. The Hall–Kier alpha value is -2.30. The molecule has 1 aromatic rings. The first-order valence-corrected chi connectivity index (χ1v) is 7.82. The van der Waals surface area contributed by atoms with Crippen LogP contribution in [0.5, 0.6) is 5.75 Å². The van der Waals surface area contributed by atoms with Crippen molar-refractivity contribution < 1.29 is 19.1 Å². The summed E-state index contributed by atoms with van der Waals surface area (Å²) in [4.78, 5) is 24.3. The van der Waals surface area contributed by atoms with Crippen molar-refractivity contribution in [3.8, 4) is 5.75 Å². The quantitative estimate of drug-likeness (QED) is 0.871. The van der Waals surface area contributed by atoms with Crippen LogP contribution in [-0.4, -0.2) is 23.6 Å². The number of carbonyl (C=O) groups is 2. The second-order valence-corrected chi connectivity index (χ2v) is 6.73. The fourth-order valence-electron chi connectivity index (χ4n) is 3.11. The lowest BCUT2D eigenvalue weighted by atomic mass is 9.83. The van der Waals surface area contributed by atoms with Crippen molar-refractivity contribution in [3.05, 3.63) is 41.1 Å². The number of ether oxygens (including phenoxy) is 2. The van der Waals surface area contributed by atoms with E-state index >= 15 is 0 Å². The average molecular weight is 315 g/mol. The molecule has 1 amide bonds. The van der Waals surface area contributed by atoms with Crippen molar-refractivity contribution in [1.82, 2.24) is 5.32 Å². The Balaban J connectivity index is 1.97. The van der Waals surface area contributed by atoms with Gasteiger partial charge in [-0.05, 0) is 45.4 Å². The molecule has 0 saturated carbocycles. The summed E-state index contributed by atoms with van der Waals surface area (Å²) in [6.45, 7) is 7.51. The van der Waals surface area contributed by atoms with Crippen LogP contribution in [0.2, 0.25) is 0 Å². The lowest BCUT2D eigenvalue weighted by Crippen LogP contribution is -2.38. The number of hydrogen-bond donors (Lipinski definition) is 1. The smallest absolute Gasteiger partial charge is 0.337 e. The summed E-state index contributed by atoms with van der Waals surface area (Å²) in [5.41, 5.74) is 1.28. The molecular weight excluding hydrogens is 294 g/mol. The number of hydrogen-bond acceptors (Lipinski definition) is 4. The zero-order valence-electron chi connectivity index (χ0n) is 13.8. The molecular formula is C18H21NO4. The fourth-order valence-corrected chi connectivity index (χ4v) is 3.11. The molecule has 1 aromatic carbocycles. The Kier molecular flexibility index (Phi) is 3.66. The van der Waals surface area contributed by atoms with Gasteiger partial charge in [-0.25, -0.2) is 4.79 Å². The molecule has 1 N–H and O–H groups in total. The third-order valence-electron chi connectivity index (χ3n) is 4.10. The van der Waals surface area contributed by atoms with Gasteiger partial charge in [-0.15, -0.1) is 0 Å². The molecule has 2 aliphatic rings.